The first-order valence-corrected chi connectivity index (χ1v) is 8.87. The number of fused-ring (bicyclic) bond motifs is 1. The third kappa shape index (κ3) is 3.43. The molecule has 0 saturated heterocycles. The van der Waals surface area contributed by atoms with E-state index in [1.807, 2.05) is 36.4 Å². The smallest absolute Gasteiger partial charge is 0.130 e. The Hall–Kier alpha value is -2.35. The van der Waals surface area contributed by atoms with Crippen molar-refractivity contribution in [3.63, 3.8) is 0 Å². The molecule has 0 N–H and O–H groups in total. The Labute approximate surface area is 143 Å². The van der Waals surface area contributed by atoms with E-state index in [9.17, 15) is 0 Å². The fourth-order valence-corrected chi connectivity index (χ4v) is 3.55. The molecule has 0 unspecified atom stereocenters. The fraction of sp³-hybridized carbons (Fsp3) is 0.318. The normalized spacial score (nSPS) is 15.5. The molecule has 1 heterocycles. The minimum absolute atomic E-state index is 0.499. The van der Waals surface area contributed by atoms with Crippen LogP contribution in [0.4, 0.5) is 0 Å². The molecule has 1 aliphatic rings. The van der Waals surface area contributed by atoms with Crippen LogP contribution in [0.3, 0.4) is 0 Å². The molecule has 1 aliphatic carbocycles. The van der Waals surface area contributed by atoms with Crippen molar-refractivity contribution >= 4 is 10.9 Å². The van der Waals surface area contributed by atoms with Gasteiger partial charge < -0.3 is 4.74 Å². The Morgan fingerprint density at radius 1 is 1.00 bits per heavy atom. The highest BCUT2D eigenvalue weighted by molar-refractivity contribution is 5.78. The molecule has 0 atom stereocenters. The van der Waals surface area contributed by atoms with Gasteiger partial charge in [-0.1, -0.05) is 49.6 Å². The summed E-state index contributed by atoms with van der Waals surface area (Å²) < 4.78 is 5.99. The Kier molecular flexibility index (Phi) is 4.46. The Bertz CT molecular complexity index is 821. The van der Waals surface area contributed by atoms with E-state index in [4.69, 9.17) is 4.74 Å². The molecule has 1 radical (unpaired) electrons. The first kappa shape index (κ1) is 15.2. The summed E-state index contributed by atoms with van der Waals surface area (Å²) in [5, 5.41) is 1.16. The topological polar surface area (TPSA) is 22.1 Å². The summed E-state index contributed by atoms with van der Waals surface area (Å²) in [6.45, 7) is 0.499. The van der Waals surface area contributed by atoms with Gasteiger partial charge in [0.25, 0.3) is 0 Å². The maximum absolute atomic E-state index is 5.99. The van der Waals surface area contributed by atoms with Crippen molar-refractivity contribution in [3.05, 3.63) is 71.9 Å². The van der Waals surface area contributed by atoms with Crippen LogP contribution in [-0.2, 0) is 6.61 Å². The second-order valence-electron chi connectivity index (χ2n) is 6.60. The molecule has 1 saturated carbocycles. The van der Waals surface area contributed by atoms with Crippen LogP contribution in [0.25, 0.3) is 10.9 Å². The standard InChI is InChI=1S/C22H22NO/c1-2-7-17(8-3-1)19-10-6-11-21(15-19)24-16-20-14-13-18-9-4-5-12-22(18)23-20/h4-6,9,11-15,17H,1-3,7-8,16H2. The highest BCUT2D eigenvalue weighted by Crippen LogP contribution is 2.33. The lowest BCUT2D eigenvalue weighted by Gasteiger charge is -2.22. The first-order valence-electron chi connectivity index (χ1n) is 8.87. The molecule has 0 bridgehead atoms. The lowest BCUT2D eigenvalue weighted by Crippen LogP contribution is -2.05. The molecule has 0 spiro atoms. The average molecular weight is 316 g/mol. The van der Waals surface area contributed by atoms with Gasteiger partial charge in [0.15, 0.2) is 0 Å². The Morgan fingerprint density at radius 3 is 2.79 bits per heavy atom. The maximum Gasteiger partial charge on any atom is 0.130 e. The van der Waals surface area contributed by atoms with Gasteiger partial charge in [-0.15, -0.1) is 0 Å². The summed E-state index contributed by atoms with van der Waals surface area (Å²) in [4.78, 5) is 4.67. The van der Waals surface area contributed by atoms with Crippen LogP contribution in [0.5, 0.6) is 5.75 Å². The van der Waals surface area contributed by atoms with Crippen molar-refractivity contribution in [2.75, 3.05) is 0 Å². The summed E-state index contributed by atoms with van der Waals surface area (Å²) >= 11 is 0. The van der Waals surface area contributed by atoms with Crippen LogP contribution in [0.2, 0.25) is 0 Å². The third-order valence-electron chi connectivity index (χ3n) is 4.88. The lowest BCUT2D eigenvalue weighted by atomic mass is 9.84. The number of nitrogens with zero attached hydrogens (tertiary/aromatic N) is 1. The summed E-state index contributed by atoms with van der Waals surface area (Å²) in [6.07, 6.45) is 6.62. The van der Waals surface area contributed by atoms with Gasteiger partial charge in [0.2, 0.25) is 0 Å². The molecular weight excluding hydrogens is 294 g/mol. The number of para-hydroxylation sites is 1. The van der Waals surface area contributed by atoms with E-state index in [-0.39, 0.29) is 0 Å². The Morgan fingerprint density at radius 2 is 1.88 bits per heavy atom. The molecule has 0 aliphatic heterocycles. The molecule has 1 aromatic heterocycles. The van der Waals surface area contributed by atoms with E-state index in [1.165, 1.54) is 37.7 Å². The quantitative estimate of drug-likeness (QED) is 0.619. The summed E-state index contributed by atoms with van der Waals surface area (Å²) in [7, 11) is 0. The second-order valence-corrected chi connectivity index (χ2v) is 6.60. The van der Waals surface area contributed by atoms with Gasteiger partial charge in [0, 0.05) is 5.39 Å². The van der Waals surface area contributed by atoms with Gasteiger partial charge in [-0.2, -0.15) is 0 Å². The average Bonchev–Trinajstić information content (AvgIpc) is 2.67. The molecular formula is C22H22NO. The van der Waals surface area contributed by atoms with Crippen LogP contribution in [0, 0.1) is 6.07 Å². The van der Waals surface area contributed by atoms with Crippen molar-refractivity contribution in [1.29, 1.82) is 0 Å². The van der Waals surface area contributed by atoms with Crippen LogP contribution in [-0.4, -0.2) is 4.98 Å². The molecule has 3 aromatic rings. The summed E-state index contributed by atoms with van der Waals surface area (Å²) in [5.74, 6) is 1.57. The van der Waals surface area contributed by atoms with Crippen molar-refractivity contribution in [2.24, 2.45) is 0 Å². The number of hydrogen-bond acceptors (Lipinski definition) is 2. The predicted molar refractivity (Wildman–Crippen MR) is 97.2 cm³/mol. The van der Waals surface area contributed by atoms with E-state index >= 15 is 0 Å². The first-order chi connectivity index (χ1) is 11.9. The zero-order valence-electron chi connectivity index (χ0n) is 13.9. The molecule has 121 valence electrons. The lowest BCUT2D eigenvalue weighted by molar-refractivity contribution is 0.301. The monoisotopic (exact) mass is 316 g/mol. The second kappa shape index (κ2) is 7.04. The molecule has 2 heteroatoms. The van der Waals surface area contributed by atoms with Gasteiger partial charge in [0.1, 0.15) is 12.4 Å². The van der Waals surface area contributed by atoms with Gasteiger partial charge in [-0.05, 0) is 54.7 Å². The van der Waals surface area contributed by atoms with Gasteiger partial charge >= 0.3 is 0 Å². The third-order valence-corrected chi connectivity index (χ3v) is 4.88. The Balaban J connectivity index is 1.46. The van der Waals surface area contributed by atoms with Gasteiger partial charge in [0.05, 0.1) is 11.2 Å². The largest absolute Gasteiger partial charge is 0.487 e. The van der Waals surface area contributed by atoms with Crippen LogP contribution >= 0.6 is 0 Å². The highest BCUT2D eigenvalue weighted by Gasteiger charge is 2.16. The number of ether oxygens (including phenoxy) is 1. The maximum atomic E-state index is 5.99. The van der Waals surface area contributed by atoms with E-state index in [0.717, 1.165) is 22.3 Å². The van der Waals surface area contributed by atoms with E-state index in [1.54, 1.807) is 0 Å². The molecule has 0 amide bonds. The minimum atomic E-state index is 0.499. The molecule has 24 heavy (non-hydrogen) atoms. The summed E-state index contributed by atoms with van der Waals surface area (Å²) in [5.41, 5.74) is 3.28. The van der Waals surface area contributed by atoms with Gasteiger partial charge in [-0.3, -0.25) is 0 Å². The molecule has 2 aromatic carbocycles. The van der Waals surface area contributed by atoms with E-state index in [2.05, 4.69) is 29.2 Å². The van der Waals surface area contributed by atoms with Crippen LogP contribution in [0.15, 0.2) is 54.6 Å². The zero-order chi connectivity index (χ0) is 16.2. The number of aromatic nitrogens is 1. The fourth-order valence-electron chi connectivity index (χ4n) is 3.55. The molecule has 2 nitrogen and oxygen atoms in total. The van der Waals surface area contributed by atoms with Crippen molar-refractivity contribution in [3.8, 4) is 5.75 Å². The van der Waals surface area contributed by atoms with Gasteiger partial charge in [-0.25, -0.2) is 4.98 Å². The van der Waals surface area contributed by atoms with Crippen molar-refractivity contribution < 1.29 is 4.74 Å². The number of benzene rings is 2. The summed E-state index contributed by atoms with van der Waals surface area (Å²) in [6, 6.07) is 21.9. The van der Waals surface area contributed by atoms with Crippen LogP contribution in [0.1, 0.15) is 49.3 Å². The molecule has 4 rings (SSSR count). The predicted octanol–water partition coefficient (Wildman–Crippen LogP) is 5.66. The molecule has 1 fully saturated rings. The van der Waals surface area contributed by atoms with Crippen molar-refractivity contribution in [1.82, 2.24) is 4.98 Å². The minimum Gasteiger partial charge on any atom is -0.487 e. The van der Waals surface area contributed by atoms with E-state index in [0.29, 0.717) is 12.5 Å². The van der Waals surface area contributed by atoms with Crippen molar-refractivity contribution in [2.45, 2.75) is 44.6 Å². The van der Waals surface area contributed by atoms with E-state index < -0.39 is 0 Å². The zero-order valence-corrected chi connectivity index (χ0v) is 13.9. The number of hydrogen-bond donors (Lipinski definition) is 0. The number of pyridine rings is 1. The highest BCUT2D eigenvalue weighted by atomic mass is 16.5. The SMILES string of the molecule is [c]1ccc(OCc2ccc3ccccc3n2)cc1C1CCCCC1. The number of rotatable bonds is 4. The van der Waals surface area contributed by atoms with Crippen LogP contribution < -0.4 is 4.74 Å².